The number of anilines is 1. The first-order chi connectivity index (χ1) is 14.1. The van der Waals surface area contributed by atoms with Gasteiger partial charge < -0.3 is 15.1 Å². The molecule has 0 saturated carbocycles. The lowest BCUT2D eigenvalue weighted by Crippen LogP contribution is -2.51. The first-order valence-electron chi connectivity index (χ1n) is 9.59. The third kappa shape index (κ3) is 4.51. The molecule has 29 heavy (non-hydrogen) atoms. The number of carbonyl (C=O) groups excluding carboxylic acids is 1. The molecule has 0 radical (unpaired) electrons. The zero-order valence-electron chi connectivity index (χ0n) is 16.3. The minimum atomic E-state index is -0.0482. The Labute approximate surface area is 174 Å². The molecule has 0 aliphatic carbocycles. The SMILES string of the molecule is Cc1nccn1-c1cc(CNC(=O)N2CCN(c3cccc(Cl)c3)CC2)ccn1. The van der Waals surface area contributed by atoms with Gasteiger partial charge in [-0.1, -0.05) is 17.7 Å². The largest absolute Gasteiger partial charge is 0.368 e. The molecule has 8 heteroatoms. The van der Waals surface area contributed by atoms with E-state index in [1.807, 2.05) is 59.0 Å². The maximum absolute atomic E-state index is 12.6. The van der Waals surface area contributed by atoms with Crippen molar-refractivity contribution in [2.75, 3.05) is 31.1 Å². The summed E-state index contributed by atoms with van der Waals surface area (Å²) in [6, 6.07) is 11.6. The molecule has 2 aromatic heterocycles. The highest BCUT2D eigenvalue weighted by molar-refractivity contribution is 6.30. The molecule has 0 unspecified atom stereocenters. The van der Waals surface area contributed by atoms with Crippen molar-refractivity contribution in [1.29, 1.82) is 0 Å². The van der Waals surface area contributed by atoms with Crippen LogP contribution in [0.15, 0.2) is 55.0 Å². The zero-order chi connectivity index (χ0) is 20.2. The molecule has 1 N–H and O–H groups in total. The number of imidazole rings is 1. The highest BCUT2D eigenvalue weighted by atomic mass is 35.5. The second-order valence-corrected chi connectivity index (χ2v) is 7.42. The second-order valence-electron chi connectivity index (χ2n) is 6.98. The van der Waals surface area contributed by atoms with Gasteiger partial charge in [0.25, 0.3) is 0 Å². The van der Waals surface area contributed by atoms with Gasteiger partial charge in [0.05, 0.1) is 0 Å². The lowest BCUT2D eigenvalue weighted by Gasteiger charge is -2.36. The number of nitrogens with one attached hydrogen (secondary N) is 1. The van der Waals surface area contributed by atoms with Gasteiger partial charge in [-0.05, 0) is 42.8 Å². The molecule has 3 aromatic rings. The van der Waals surface area contributed by atoms with Crippen LogP contribution in [0.3, 0.4) is 0 Å². The minimum Gasteiger partial charge on any atom is -0.368 e. The molecular formula is C21H23ClN6O. The first-order valence-corrected chi connectivity index (χ1v) is 9.96. The number of hydrogen-bond acceptors (Lipinski definition) is 4. The van der Waals surface area contributed by atoms with E-state index in [1.165, 1.54) is 0 Å². The van der Waals surface area contributed by atoms with E-state index >= 15 is 0 Å². The molecule has 0 spiro atoms. The average molecular weight is 411 g/mol. The monoisotopic (exact) mass is 410 g/mol. The van der Waals surface area contributed by atoms with E-state index in [0.717, 1.165) is 41.0 Å². The van der Waals surface area contributed by atoms with Crippen LogP contribution in [-0.2, 0) is 6.54 Å². The lowest BCUT2D eigenvalue weighted by molar-refractivity contribution is 0.194. The highest BCUT2D eigenvalue weighted by Crippen LogP contribution is 2.20. The fourth-order valence-electron chi connectivity index (χ4n) is 3.45. The Morgan fingerprint density at radius 2 is 1.93 bits per heavy atom. The number of hydrogen-bond donors (Lipinski definition) is 1. The molecule has 1 aliphatic heterocycles. The standard InChI is InChI=1S/C21H23ClN6O/c1-16-23-7-8-28(16)20-13-17(5-6-24-20)15-25-21(29)27-11-9-26(10-12-27)19-4-2-3-18(22)14-19/h2-8,13-14H,9-12,15H2,1H3,(H,25,29). The van der Waals surface area contributed by atoms with Crippen molar-refractivity contribution < 1.29 is 4.79 Å². The molecular weight excluding hydrogens is 388 g/mol. The number of aryl methyl sites for hydroxylation is 1. The Morgan fingerprint density at radius 1 is 1.10 bits per heavy atom. The predicted octanol–water partition coefficient (Wildman–Crippen LogP) is 3.26. The number of nitrogens with zero attached hydrogens (tertiary/aromatic N) is 5. The number of aromatic nitrogens is 3. The van der Waals surface area contributed by atoms with Crippen LogP contribution in [0.4, 0.5) is 10.5 Å². The zero-order valence-corrected chi connectivity index (χ0v) is 17.0. The molecule has 150 valence electrons. The third-order valence-corrected chi connectivity index (χ3v) is 5.30. The molecule has 2 amide bonds. The van der Waals surface area contributed by atoms with Crippen LogP contribution in [0, 0.1) is 6.92 Å². The van der Waals surface area contributed by atoms with E-state index < -0.39 is 0 Å². The second kappa shape index (κ2) is 8.53. The maximum atomic E-state index is 12.6. The number of benzene rings is 1. The summed E-state index contributed by atoms with van der Waals surface area (Å²) in [4.78, 5) is 25.3. The number of urea groups is 1. The van der Waals surface area contributed by atoms with E-state index in [-0.39, 0.29) is 6.03 Å². The summed E-state index contributed by atoms with van der Waals surface area (Å²) >= 11 is 6.08. The Kier molecular flexibility index (Phi) is 5.67. The molecule has 3 heterocycles. The number of halogens is 1. The summed E-state index contributed by atoms with van der Waals surface area (Å²) in [7, 11) is 0. The summed E-state index contributed by atoms with van der Waals surface area (Å²) in [5.74, 6) is 1.66. The maximum Gasteiger partial charge on any atom is 0.317 e. The molecule has 0 atom stereocenters. The highest BCUT2D eigenvalue weighted by Gasteiger charge is 2.21. The van der Waals surface area contributed by atoms with Crippen molar-refractivity contribution in [2.24, 2.45) is 0 Å². The van der Waals surface area contributed by atoms with Gasteiger partial charge in [-0.2, -0.15) is 0 Å². The Balaban J connectivity index is 1.31. The molecule has 1 fully saturated rings. The fourth-order valence-corrected chi connectivity index (χ4v) is 3.64. The molecule has 4 rings (SSSR count). The van der Waals surface area contributed by atoms with Crippen molar-refractivity contribution in [3.63, 3.8) is 0 Å². The number of carbonyl (C=O) groups is 1. The van der Waals surface area contributed by atoms with Crippen LogP contribution in [0.1, 0.15) is 11.4 Å². The number of pyridine rings is 1. The third-order valence-electron chi connectivity index (χ3n) is 5.07. The van der Waals surface area contributed by atoms with E-state index in [9.17, 15) is 4.79 Å². The number of rotatable bonds is 4. The number of amides is 2. The topological polar surface area (TPSA) is 66.3 Å². The van der Waals surface area contributed by atoms with Crippen molar-refractivity contribution in [3.05, 3.63) is 71.4 Å². The number of piperazine rings is 1. The fraction of sp³-hybridized carbons (Fsp3) is 0.286. The molecule has 7 nitrogen and oxygen atoms in total. The van der Waals surface area contributed by atoms with Crippen molar-refractivity contribution in [2.45, 2.75) is 13.5 Å². The van der Waals surface area contributed by atoms with Crippen LogP contribution in [0.2, 0.25) is 5.02 Å². The molecule has 1 saturated heterocycles. The van der Waals surface area contributed by atoms with Gasteiger partial charge in [-0.15, -0.1) is 0 Å². The molecule has 0 bridgehead atoms. The van der Waals surface area contributed by atoms with Gasteiger partial charge in [0, 0.05) is 62.0 Å². The summed E-state index contributed by atoms with van der Waals surface area (Å²) in [6.45, 7) is 5.30. The summed E-state index contributed by atoms with van der Waals surface area (Å²) in [6.07, 6.45) is 5.37. The summed E-state index contributed by atoms with van der Waals surface area (Å²) < 4.78 is 1.92. The van der Waals surface area contributed by atoms with Gasteiger partial charge in [-0.3, -0.25) is 4.57 Å². The van der Waals surface area contributed by atoms with Crippen molar-refractivity contribution >= 4 is 23.3 Å². The Bertz CT molecular complexity index is 996. The van der Waals surface area contributed by atoms with Gasteiger partial charge in [0.15, 0.2) is 0 Å². The predicted molar refractivity (Wildman–Crippen MR) is 114 cm³/mol. The first kappa shape index (κ1) is 19.3. The quantitative estimate of drug-likeness (QED) is 0.717. The van der Waals surface area contributed by atoms with E-state index in [2.05, 4.69) is 20.2 Å². The summed E-state index contributed by atoms with van der Waals surface area (Å²) in [5, 5.41) is 3.74. The normalized spacial score (nSPS) is 14.1. The van der Waals surface area contributed by atoms with Crippen LogP contribution >= 0.6 is 11.6 Å². The van der Waals surface area contributed by atoms with Crippen LogP contribution in [0.25, 0.3) is 5.82 Å². The molecule has 1 aromatic carbocycles. The van der Waals surface area contributed by atoms with Crippen LogP contribution < -0.4 is 10.2 Å². The van der Waals surface area contributed by atoms with Gasteiger partial charge in [-0.25, -0.2) is 14.8 Å². The van der Waals surface area contributed by atoms with Crippen LogP contribution in [0.5, 0.6) is 0 Å². The van der Waals surface area contributed by atoms with Gasteiger partial charge >= 0.3 is 6.03 Å². The lowest BCUT2D eigenvalue weighted by atomic mass is 10.2. The van der Waals surface area contributed by atoms with Crippen LogP contribution in [-0.4, -0.2) is 51.6 Å². The Morgan fingerprint density at radius 3 is 2.66 bits per heavy atom. The average Bonchev–Trinajstić information content (AvgIpc) is 3.18. The van der Waals surface area contributed by atoms with Gasteiger partial charge in [0.1, 0.15) is 11.6 Å². The Hall–Kier alpha value is -3.06. The summed E-state index contributed by atoms with van der Waals surface area (Å²) in [5.41, 5.74) is 2.09. The molecule has 1 aliphatic rings. The van der Waals surface area contributed by atoms with E-state index in [4.69, 9.17) is 11.6 Å². The van der Waals surface area contributed by atoms with E-state index in [0.29, 0.717) is 19.6 Å². The minimum absolute atomic E-state index is 0.0482. The van der Waals surface area contributed by atoms with Crippen molar-refractivity contribution in [3.8, 4) is 5.82 Å². The van der Waals surface area contributed by atoms with E-state index in [1.54, 1.807) is 12.4 Å². The smallest absolute Gasteiger partial charge is 0.317 e. The van der Waals surface area contributed by atoms with Gasteiger partial charge in [0.2, 0.25) is 0 Å². The van der Waals surface area contributed by atoms with Crippen molar-refractivity contribution in [1.82, 2.24) is 24.8 Å².